The van der Waals surface area contributed by atoms with Crippen molar-refractivity contribution in [3.8, 4) is 11.5 Å². The third-order valence-corrected chi connectivity index (χ3v) is 3.04. The van der Waals surface area contributed by atoms with Crippen LogP contribution in [0.1, 0.15) is 18.4 Å². The molecule has 2 rings (SSSR count). The highest BCUT2D eigenvalue weighted by molar-refractivity contribution is 6.17. The quantitative estimate of drug-likeness (QED) is 0.426. The number of alkyl halides is 1. The lowest BCUT2D eigenvalue weighted by molar-refractivity contribution is 0.00865. The Morgan fingerprint density at radius 2 is 2.12 bits per heavy atom. The molecular weight excluding hydrogens is 240 g/mol. The summed E-state index contributed by atoms with van der Waals surface area (Å²) >= 11 is 5.76. The van der Waals surface area contributed by atoms with Crippen LogP contribution in [0.15, 0.2) is 18.2 Å². The van der Waals surface area contributed by atoms with Crippen molar-refractivity contribution in [1.29, 1.82) is 0 Å². The first-order chi connectivity index (χ1) is 8.33. The summed E-state index contributed by atoms with van der Waals surface area (Å²) in [6.07, 6.45) is 2.57. The van der Waals surface area contributed by atoms with Crippen LogP contribution in [0.5, 0.6) is 11.5 Å². The lowest BCUT2D eigenvalue weighted by Crippen LogP contribution is -2.06. The van der Waals surface area contributed by atoms with E-state index in [2.05, 4.69) is 0 Å². The Kier molecular flexibility index (Phi) is 4.51. The second-order valence-electron chi connectivity index (χ2n) is 4.20. The van der Waals surface area contributed by atoms with Gasteiger partial charge in [0.05, 0.1) is 13.7 Å². The van der Waals surface area contributed by atoms with E-state index in [-0.39, 0.29) is 6.79 Å². The van der Waals surface area contributed by atoms with Crippen LogP contribution in [-0.4, -0.2) is 20.5 Å². The van der Waals surface area contributed by atoms with Gasteiger partial charge >= 0.3 is 0 Å². The molecule has 0 aromatic heterocycles. The molecule has 1 fully saturated rings. The number of ether oxygens (including phenoxy) is 3. The maximum Gasteiger partial charge on any atom is 0.189 e. The number of hydrogen-bond donors (Lipinski definition) is 0. The first-order valence-corrected chi connectivity index (χ1v) is 6.30. The smallest absolute Gasteiger partial charge is 0.189 e. The van der Waals surface area contributed by atoms with Gasteiger partial charge in [0, 0.05) is 5.88 Å². The minimum atomic E-state index is 0.271. The van der Waals surface area contributed by atoms with Gasteiger partial charge in [-0.15, -0.1) is 11.6 Å². The van der Waals surface area contributed by atoms with Gasteiger partial charge < -0.3 is 14.2 Å². The zero-order valence-electron chi connectivity index (χ0n) is 9.95. The van der Waals surface area contributed by atoms with E-state index in [1.165, 1.54) is 12.8 Å². The summed E-state index contributed by atoms with van der Waals surface area (Å²) in [4.78, 5) is 0. The van der Waals surface area contributed by atoms with E-state index in [1.54, 1.807) is 7.11 Å². The second-order valence-corrected chi connectivity index (χ2v) is 4.46. The first kappa shape index (κ1) is 12.5. The molecule has 0 unspecified atom stereocenters. The molecule has 17 heavy (non-hydrogen) atoms. The van der Waals surface area contributed by atoms with E-state index in [9.17, 15) is 0 Å². The van der Waals surface area contributed by atoms with Crippen molar-refractivity contribution in [3.63, 3.8) is 0 Å². The number of benzene rings is 1. The summed E-state index contributed by atoms with van der Waals surface area (Å²) in [5.74, 6) is 2.60. The normalized spacial score (nSPS) is 14.7. The second kappa shape index (κ2) is 6.12. The molecule has 0 spiro atoms. The van der Waals surface area contributed by atoms with Gasteiger partial charge in [-0.1, -0.05) is 6.07 Å². The van der Waals surface area contributed by atoms with E-state index in [4.69, 9.17) is 25.8 Å². The molecule has 0 amide bonds. The van der Waals surface area contributed by atoms with Crippen molar-refractivity contribution in [3.05, 3.63) is 23.8 Å². The van der Waals surface area contributed by atoms with Crippen LogP contribution in [0.2, 0.25) is 0 Å². The van der Waals surface area contributed by atoms with Crippen LogP contribution in [-0.2, 0) is 10.6 Å². The number of hydrogen-bond acceptors (Lipinski definition) is 3. The van der Waals surface area contributed by atoms with Crippen molar-refractivity contribution in [1.82, 2.24) is 0 Å². The predicted molar refractivity (Wildman–Crippen MR) is 66.7 cm³/mol. The van der Waals surface area contributed by atoms with Crippen LogP contribution in [0, 0.1) is 5.92 Å². The van der Waals surface area contributed by atoms with Gasteiger partial charge in [0.2, 0.25) is 0 Å². The fourth-order valence-electron chi connectivity index (χ4n) is 1.52. The molecule has 0 saturated heterocycles. The number of rotatable bonds is 7. The Balaban J connectivity index is 1.84. The molecule has 1 saturated carbocycles. The van der Waals surface area contributed by atoms with Gasteiger partial charge in [-0.3, -0.25) is 0 Å². The Morgan fingerprint density at radius 3 is 2.76 bits per heavy atom. The van der Waals surface area contributed by atoms with Crippen molar-refractivity contribution < 1.29 is 14.2 Å². The molecule has 1 aromatic rings. The standard InChI is InChI=1S/C13H17ClO3/c1-15-13-6-11(7-14)4-5-12(13)17-9-16-8-10-2-3-10/h4-6,10H,2-3,7-9H2,1H3. The molecule has 94 valence electrons. The summed E-state index contributed by atoms with van der Waals surface area (Å²) in [5.41, 5.74) is 1.01. The Bertz CT molecular complexity index is 364. The van der Waals surface area contributed by atoms with Gasteiger partial charge in [0.1, 0.15) is 0 Å². The molecule has 0 N–H and O–H groups in total. The highest BCUT2D eigenvalue weighted by Crippen LogP contribution is 2.30. The minimum absolute atomic E-state index is 0.271. The third kappa shape index (κ3) is 3.79. The SMILES string of the molecule is COc1cc(CCl)ccc1OCOCC1CC1. The maximum atomic E-state index is 5.76. The summed E-state index contributed by atoms with van der Waals surface area (Å²) in [5, 5.41) is 0. The molecule has 4 heteroatoms. The summed E-state index contributed by atoms with van der Waals surface area (Å²) < 4.78 is 16.2. The van der Waals surface area contributed by atoms with Crippen molar-refractivity contribution in [2.24, 2.45) is 5.92 Å². The molecule has 1 aromatic carbocycles. The average Bonchev–Trinajstić information content (AvgIpc) is 3.18. The van der Waals surface area contributed by atoms with E-state index < -0.39 is 0 Å². The summed E-state index contributed by atoms with van der Waals surface area (Å²) in [6, 6.07) is 5.66. The van der Waals surface area contributed by atoms with Crippen LogP contribution in [0.4, 0.5) is 0 Å². The summed E-state index contributed by atoms with van der Waals surface area (Å²) in [7, 11) is 1.62. The van der Waals surface area contributed by atoms with Crippen LogP contribution < -0.4 is 9.47 Å². The van der Waals surface area contributed by atoms with E-state index in [1.807, 2.05) is 18.2 Å². The monoisotopic (exact) mass is 256 g/mol. The fourth-order valence-corrected chi connectivity index (χ4v) is 1.69. The Labute approximate surface area is 107 Å². The zero-order valence-corrected chi connectivity index (χ0v) is 10.7. The maximum absolute atomic E-state index is 5.76. The van der Waals surface area contributed by atoms with Crippen molar-refractivity contribution >= 4 is 11.6 Å². The largest absolute Gasteiger partial charge is 0.493 e. The van der Waals surface area contributed by atoms with Gasteiger partial charge in [-0.05, 0) is 36.5 Å². The van der Waals surface area contributed by atoms with Crippen LogP contribution in [0.3, 0.4) is 0 Å². The molecule has 0 bridgehead atoms. The van der Waals surface area contributed by atoms with Gasteiger partial charge in [-0.2, -0.15) is 0 Å². The lowest BCUT2D eigenvalue weighted by Gasteiger charge is -2.11. The fraction of sp³-hybridized carbons (Fsp3) is 0.538. The average molecular weight is 257 g/mol. The minimum Gasteiger partial charge on any atom is -0.493 e. The number of methoxy groups -OCH3 is 1. The molecule has 1 aliphatic rings. The van der Waals surface area contributed by atoms with Crippen molar-refractivity contribution in [2.75, 3.05) is 20.5 Å². The highest BCUT2D eigenvalue weighted by Gasteiger charge is 2.21. The molecule has 0 atom stereocenters. The Morgan fingerprint density at radius 1 is 1.29 bits per heavy atom. The Hall–Kier alpha value is -0.930. The topological polar surface area (TPSA) is 27.7 Å². The van der Waals surface area contributed by atoms with Crippen LogP contribution >= 0.6 is 11.6 Å². The predicted octanol–water partition coefficient (Wildman–Crippen LogP) is 3.20. The van der Waals surface area contributed by atoms with Gasteiger partial charge in [0.25, 0.3) is 0 Å². The summed E-state index contributed by atoms with van der Waals surface area (Å²) in [6.45, 7) is 1.06. The van der Waals surface area contributed by atoms with Crippen LogP contribution in [0.25, 0.3) is 0 Å². The van der Waals surface area contributed by atoms with Gasteiger partial charge in [0.15, 0.2) is 18.3 Å². The molecule has 0 heterocycles. The van der Waals surface area contributed by atoms with E-state index >= 15 is 0 Å². The molecule has 0 radical (unpaired) electrons. The lowest BCUT2D eigenvalue weighted by atomic mass is 10.2. The van der Waals surface area contributed by atoms with E-state index in [0.29, 0.717) is 17.4 Å². The number of halogens is 1. The molecule has 0 aliphatic heterocycles. The third-order valence-electron chi connectivity index (χ3n) is 2.73. The zero-order chi connectivity index (χ0) is 12.1. The molecular formula is C13H17ClO3. The highest BCUT2D eigenvalue weighted by atomic mass is 35.5. The van der Waals surface area contributed by atoms with Crippen molar-refractivity contribution in [2.45, 2.75) is 18.7 Å². The molecule has 1 aliphatic carbocycles. The van der Waals surface area contributed by atoms with Gasteiger partial charge in [-0.25, -0.2) is 0 Å². The first-order valence-electron chi connectivity index (χ1n) is 5.77. The molecule has 3 nitrogen and oxygen atoms in total. The van der Waals surface area contributed by atoms with E-state index in [0.717, 1.165) is 18.1 Å².